The van der Waals surface area contributed by atoms with E-state index in [1.807, 2.05) is 0 Å². The van der Waals surface area contributed by atoms with Crippen LogP contribution < -0.4 is 0 Å². The molecule has 8 heteroatoms. The zero-order valence-electron chi connectivity index (χ0n) is 11.4. The molecular formula is C12H16O8. The van der Waals surface area contributed by atoms with Crippen molar-refractivity contribution in [2.75, 3.05) is 0 Å². The second-order valence-electron chi connectivity index (χ2n) is 5.97. The lowest BCUT2D eigenvalue weighted by Gasteiger charge is -2.70. The van der Waals surface area contributed by atoms with Crippen LogP contribution in [0.1, 0.15) is 27.7 Å². The Morgan fingerprint density at radius 1 is 0.550 bits per heavy atom. The quantitative estimate of drug-likeness (QED) is 0.542. The van der Waals surface area contributed by atoms with Gasteiger partial charge >= 0.3 is 23.9 Å². The van der Waals surface area contributed by atoms with Gasteiger partial charge in [-0.2, -0.15) is 0 Å². The van der Waals surface area contributed by atoms with Crippen LogP contribution in [0.15, 0.2) is 0 Å². The van der Waals surface area contributed by atoms with Crippen molar-refractivity contribution in [2.45, 2.75) is 27.7 Å². The van der Waals surface area contributed by atoms with Gasteiger partial charge < -0.3 is 20.4 Å². The van der Waals surface area contributed by atoms with Crippen LogP contribution in [0, 0.1) is 21.7 Å². The van der Waals surface area contributed by atoms with Crippen LogP contribution in [0.25, 0.3) is 0 Å². The van der Waals surface area contributed by atoms with Crippen LogP contribution in [0.3, 0.4) is 0 Å². The standard InChI is InChI=1S/C12H16O8/c1-9(2)10(3,4)12(7(17)18,8(19)20)11(9,5(13)14)6(15)16/h1-4H3,(H,13,14)(H,15,16)(H,17,18)(H,19,20). The molecule has 20 heavy (non-hydrogen) atoms. The third-order valence-corrected chi connectivity index (χ3v) is 5.28. The number of carboxylic acid groups (broad SMARTS) is 4. The van der Waals surface area contributed by atoms with E-state index in [1.165, 1.54) is 27.7 Å². The fourth-order valence-electron chi connectivity index (χ4n) is 3.71. The van der Waals surface area contributed by atoms with E-state index in [1.54, 1.807) is 0 Å². The minimum Gasteiger partial charge on any atom is -0.480 e. The Hall–Kier alpha value is -2.12. The first kappa shape index (κ1) is 15.9. The molecule has 8 nitrogen and oxygen atoms in total. The number of hydrogen-bond donors (Lipinski definition) is 4. The molecule has 0 atom stereocenters. The summed E-state index contributed by atoms with van der Waals surface area (Å²) in [6, 6.07) is 0. The van der Waals surface area contributed by atoms with E-state index in [4.69, 9.17) is 0 Å². The van der Waals surface area contributed by atoms with E-state index >= 15 is 0 Å². The minimum absolute atomic E-state index is 1.25. The molecule has 0 aromatic rings. The van der Waals surface area contributed by atoms with Gasteiger partial charge in [-0.15, -0.1) is 0 Å². The van der Waals surface area contributed by atoms with Crippen molar-refractivity contribution in [3.63, 3.8) is 0 Å². The molecule has 4 N–H and O–H groups in total. The predicted octanol–water partition coefficient (Wildman–Crippen LogP) is 0.364. The lowest BCUT2D eigenvalue weighted by molar-refractivity contribution is -0.293. The van der Waals surface area contributed by atoms with Gasteiger partial charge in [0.25, 0.3) is 0 Å². The summed E-state index contributed by atoms with van der Waals surface area (Å²) >= 11 is 0. The summed E-state index contributed by atoms with van der Waals surface area (Å²) in [5.41, 5.74) is -9.09. The second kappa shape index (κ2) is 3.71. The number of carbonyl (C=O) groups is 4. The van der Waals surface area contributed by atoms with Crippen LogP contribution >= 0.6 is 0 Å². The van der Waals surface area contributed by atoms with E-state index in [0.717, 1.165) is 0 Å². The van der Waals surface area contributed by atoms with Gasteiger partial charge in [-0.1, -0.05) is 27.7 Å². The molecule has 1 rings (SSSR count). The SMILES string of the molecule is CC1(C)C(C)(C)C(C(=O)O)(C(=O)O)C1(C(=O)O)C(=O)O. The van der Waals surface area contributed by atoms with Gasteiger partial charge in [0, 0.05) is 10.8 Å². The zero-order chi connectivity index (χ0) is 16.3. The Bertz CT molecular complexity index is 452. The number of rotatable bonds is 4. The molecule has 0 saturated heterocycles. The van der Waals surface area contributed by atoms with Crippen molar-refractivity contribution in [3.05, 3.63) is 0 Å². The van der Waals surface area contributed by atoms with Gasteiger partial charge in [0.2, 0.25) is 0 Å². The monoisotopic (exact) mass is 288 g/mol. The minimum atomic E-state index is -2.96. The van der Waals surface area contributed by atoms with Crippen LogP contribution in [0.4, 0.5) is 0 Å². The second-order valence-corrected chi connectivity index (χ2v) is 5.97. The fraction of sp³-hybridized carbons (Fsp3) is 0.667. The molecule has 0 aliphatic heterocycles. The number of carboxylic acids is 4. The lowest BCUT2D eigenvalue weighted by atomic mass is 9.26. The van der Waals surface area contributed by atoms with Crippen molar-refractivity contribution in [3.8, 4) is 0 Å². The zero-order valence-corrected chi connectivity index (χ0v) is 11.4. The van der Waals surface area contributed by atoms with Crippen molar-refractivity contribution < 1.29 is 39.6 Å². The summed E-state index contributed by atoms with van der Waals surface area (Å²) in [6.45, 7) is 5.00. The third kappa shape index (κ3) is 1.05. The first-order chi connectivity index (χ1) is 8.77. The maximum atomic E-state index is 11.6. The summed E-state index contributed by atoms with van der Waals surface area (Å²) in [4.78, 5) is 46.3. The van der Waals surface area contributed by atoms with Crippen LogP contribution in [0.5, 0.6) is 0 Å². The maximum absolute atomic E-state index is 11.6. The molecule has 0 aromatic heterocycles. The van der Waals surface area contributed by atoms with Crippen LogP contribution in [-0.4, -0.2) is 44.3 Å². The van der Waals surface area contributed by atoms with E-state index in [2.05, 4.69) is 0 Å². The average molecular weight is 288 g/mol. The Kier molecular flexibility index (Phi) is 2.95. The molecule has 0 bridgehead atoms. The molecule has 112 valence electrons. The molecule has 0 aromatic carbocycles. The Balaban J connectivity index is 3.97. The van der Waals surface area contributed by atoms with E-state index in [9.17, 15) is 39.6 Å². The highest BCUT2D eigenvalue weighted by atomic mass is 16.4. The maximum Gasteiger partial charge on any atom is 0.323 e. The van der Waals surface area contributed by atoms with Crippen LogP contribution in [-0.2, 0) is 19.2 Å². The van der Waals surface area contributed by atoms with Crippen molar-refractivity contribution in [1.82, 2.24) is 0 Å². The molecule has 1 aliphatic rings. The highest BCUT2D eigenvalue weighted by molar-refractivity contribution is 6.17. The summed E-state index contributed by atoms with van der Waals surface area (Å²) in [5, 5.41) is 37.4. The van der Waals surface area contributed by atoms with Gasteiger partial charge in [-0.3, -0.25) is 19.2 Å². The van der Waals surface area contributed by atoms with Gasteiger partial charge in [-0.25, -0.2) is 0 Å². The van der Waals surface area contributed by atoms with Crippen LogP contribution in [0.2, 0.25) is 0 Å². The topological polar surface area (TPSA) is 149 Å². The van der Waals surface area contributed by atoms with Gasteiger partial charge in [0.15, 0.2) is 10.8 Å². The van der Waals surface area contributed by atoms with Crippen molar-refractivity contribution in [1.29, 1.82) is 0 Å². The smallest absolute Gasteiger partial charge is 0.323 e. The Labute approximate surface area is 114 Å². The molecular weight excluding hydrogens is 272 g/mol. The number of hydrogen-bond acceptors (Lipinski definition) is 4. The molecule has 0 unspecified atom stereocenters. The molecule has 1 aliphatic carbocycles. The van der Waals surface area contributed by atoms with Gasteiger partial charge in [0.1, 0.15) is 0 Å². The first-order valence-corrected chi connectivity index (χ1v) is 5.71. The predicted molar refractivity (Wildman–Crippen MR) is 63.0 cm³/mol. The van der Waals surface area contributed by atoms with E-state index < -0.39 is 45.5 Å². The highest BCUT2D eigenvalue weighted by Gasteiger charge is 2.93. The molecule has 0 amide bonds. The van der Waals surface area contributed by atoms with Gasteiger partial charge in [0.05, 0.1) is 0 Å². The third-order valence-electron chi connectivity index (χ3n) is 5.28. The lowest BCUT2D eigenvalue weighted by Crippen LogP contribution is -2.85. The molecule has 1 fully saturated rings. The summed E-state index contributed by atoms with van der Waals surface area (Å²) in [5.74, 6) is -7.89. The highest BCUT2D eigenvalue weighted by Crippen LogP contribution is 2.78. The van der Waals surface area contributed by atoms with Crippen molar-refractivity contribution in [2.24, 2.45) is 21.7 Å². The summed E-state index contributed by atoms with van der Waals surface area (Å²) in [6.07, 6.45) is 0. The molecule has 0 spiro atoms. The fourth-order valence-corrected chi connectivity index (χ4v) is 3.71. The first-order valence-electron chi connectivity index (χ1n) is 5.71. The average Bonchev–Trinajstić information content (AvgIpc) is 2.21. The number of aliphatic carboxylic acids is 4. The van der Waals surface area contributed by atoms with E-state index in [-0.39, 0.29) is 0 Å². The van der Waals surface area contributed by atoms with Crippen molar-refractivity contribution >= 4 is 23.9 Å². The normalized spacial score (nSPS) is 24.2. The Morgan fingerprint density at radius 3 is 0.800 bits per heavy atom. The van der Waals surface area contributed by atoms with E-state index in [0.29, 0.717) is 0 Å². The molecule has 0 radical (unpaired) electrons. The largest absolute Gasteiger partial charge is 0.480 e. The van der Waals surface area contributed by atoms with Gasteiger partial charge in [-0.05, 0) is 0 Å². The molecule has 1 saturated carbocycles. The summed E-state index contributed by atoms with van der Waals surface area (Å²) < 4.78 is 0. The molecule has 0 heterocycles. The Morgan fingerprint density at radius 2 is 0.700 bits per heavy atom. The summed E-state index contributed by atoms with van der Waals surface area (Å²) in [7, 11) is 0.